The van der Waals surface area contributed by atoms with Crippen molar-refractivity contribution < 1.29 is 0 Å². The Balaban J connectivity index is 2.32. The topological polar surface area (TPSA) is 34.9 Å². The van der Waals surface area contributed by atoms with Crippen LogP contribution in [0.15, 0.2) is 47.3 Å². The van der Waals surface area contributed by atoms with Crippen molar-refractivity contribution >= 4 is 11.6 Å². The summed E-state index contributed by atoms with van der Waals surface area (Å²) in [5, 5.41) is 4.26. The van der Waals surface area contributed by atoms with Crippen molar-refractivity contribution in [3.63, 3.8) is 0 Å². The maximum atomic E-state index is 11.4. The lowest BCUT2D eigenvalue weighted by atomic mass is 10.2. The van der Waals surface area contributed by atoms with Gasteiger partial charge in [-0.3, -0.25) is 4.79 Å². The number of hydrogen-bond acceptors (Lipinski definition) is 2. The number of nitrogens with zero attached hydrogens (tertiary/aromatic N) is 2. The molecule has 0 unspecified atom stereocenters. The van der Waals surface area contributed by atoms with Crippen molar-refractivity contribution in [3.05, 3.63) is 63.5 Å². The summed E-state index contributed by atoms with van der Waals surface area (Å²) in [7, 11) is 0. The molecule has 0 saturated carbocycles. The molecule has 76 valence electrons. The minimum Gasteiger partial charge on any atom is -0.268 e. The van der Waals surface area contributed by atoms with Crippen LogP contribution in [0.5, 0.6) is 0 Å². The van der Waals surface area contributed by atoms with E-state index in [-0.39, 0.29) is 5.56 Å². The summed E-state index contributed by atoms with van der Waals surface area (Å²) in [4.78, 5) is 11.4. The van der Waals surface area contributed by atoms with Crippen molar-refractivity contribution in [1.29, 1.82) is 0 Å². The highest BCUT2D eigenvalue weighted by atomic mass is 35.5. The number of rotatable bonds is 2. The zero-order valence-corrected chi connectivity index (χ0v) is 8.69. The second-order valence-corrected chi connectivity index (χ2v) is 3.52. The molecule has 2 rings (SSSR count). The van der Waals surface area contributed by atoms with Crippen LogP contribution in [0.3, 0.4) is 0 Å². The number of halogens is 1. The van der Waals surface area contributed by atoms with E-state index in [1.165, 1.54) is 16.8 Å². The minimum absolute atomic E-state index is 0.150. The molecule has 0 aliphatic heterocycles. The minimum atomic E-state index is -0.150. The van der Waals surface area contributed by atoms with Crippen LogP contribution in [0.25, 0.3) is 0 Å². The van der Waals surface area contributed by atoms with Crippen molar-refractivity contribution in [1.82, 2.24) is 9.78 Å². The van der Waals surface area contributed by atoms with Gasteiger partial charge in [-0.05, 0) is 11.6 Å². The van der Waals surface area contributed by atoms with Crippen LogP contribution >= 0.6 is 11.6 Å². The Morgan fingerprint density at radius 3 is 2.60 bits per heavy atom. The van der Waals surface area contributed by atoms with E-state index in [1.54, 1.807) is 0 Å². The van der Waals surface area contributed by atoms with Crippen LogP contribution < -0.4 is 5.56 Å². The summed E-state index contributed by atoms with van der Waals surface area (Å²) >= 11 is 5.71. The Labute approximate surface area is 91.9 Å². The van der Waals surface area contributed by atoms with Crippen molar-refractivity contribution in [2.75, 3.05) is 0 Å². The van der Waals surface area contributed by atoms with E-state index >= 15 is 0 Å². The molecule has 0 saturated heterocycles. The predicted octanol–water partition coefficient (Wildman–Crippen LogP) is 1.95. The van der Waals surface area contributed by atoms with Gasteiger partial charge in [0.25, 0.3) is 5.56 Å². The van der Waals surface area contributed by atoms with Gasteiger partial charge >= 0.3 is 0 Å². The molecule has 15 heavy (non-hydrogen) atoms. The molecule has 3 nitrogen and oxygen atoms in total. The maximum absolute atomic E-state index is 11.4. The van der Waals surface area contributed by atoms with Crippen LogP contribution in [0, 0.1) is 0 Å². The molecule has 0 amide bonds. The number of aromatic nitrogens is 2. The van der Waals surface area contributed by atoms with Crippen LogP contribution in [-0.2, 0) is 6.54 Å². The van der Waals surface area contributed by atoms with Gasteiger partial charge in [-0.2, -0.15) is 5.10 Å². The highest BCUT2D eigenvalue weighted by molar-refractivity contribution is 6.29. The molecule has 2 aromatic rings. The second kappa shape index (κ2) is 4.28. The first-order valence-corrected chi connectivity index (χ1v) is 4.91. The normalized spacial score (nSPS) is 10.2. The van der Waals surface area contributed by atoms with Gasteiger partial charge in [-0.1, -0.05) is 41.9 Å². The van der Waals surface area contributed by atoms with E-state index in [9.17, 15) is 4.79 Å². The number of hydrogen-bond donors (Lipinski definition) is 0. The zero-order valence-electron chi connectivity index (χ0n) is 7.93. The molecule has 0 N–H and O–H groups in total. The molecule has 1 aromatic heterocycles. The van der Waals surface area contributed by atoms with Crippen LogP contribution in [0.4, 0.5) is 0 Å². The highest BCUT2D eigenvalue weighted by Gasteiger charge is 1.99. The van der Waals surface area contributed by atoms with Crippen LogP contribution in [0.1, 0.15) is 5.56 Å². The fourth-order valence-corrected chi connectivity index (χ4v) is 1.45. The fraction of sp³-hybridized carbons (Fsp3) is 0.0909. The van der Waals surface area contributed by atoms with Gasteiger partial charge in [0.05, 0.1) is 6.54 Å². The van der Waals surface area contributed by atoms with Crippen molar-refractivity contribution in [2.45, 2.75) is 6.54 Å². The van der Waals surface area contributed by atoms with E-state index in [4.69, 9.17) is 11.6 Å². The predicted molar refractivity (Wildman–Crippen MR) is 59.1 cm³/mol. The third-order valence-corrected chi connectivity index (χ3v) is 2.21. The van der Waals surface area contributed by atoms with E-state index in [0.717, 1.165) is 5.56 Å². The summed E-state index contributed by atoms with van der Waals surface area (Å²) in [5.74, 6) is 0. The Bertz CT molecular complexity index is 507. The molecular formula is C11H9ClN2O. The monoisotopic (exact) mass is 220 g/mol. The molecule has 0 aliphatic carbocycles. The summed E-state index contributed by atoms with van der Waals surface area (Å²) in [6.07, 6.45) is 0. The van der Waals surface area contributed by atoms with Gasteiger partial charge < -0.3 is 0 Å². The molecule has 0 radical (unpaired) electrons. The molecule has 0 bridgehead atoms. The summed E-state index contributed by atoms with van der Waals surface area (Å²) in [6.45, 7) is 0.445. The first-order chi connectivity index (χ1) is 7.25. The Morgan fingerprint density at radius 2 is 1.87 bits per heavy atom. The Kier molecular flexibility index (Phi) is 2.83. The van der Waals surface area contributed by atoms with E-state index in [1.807, 2.05) is 30.3 Å². The first kappa shape index (κ1) is 9.93. The van der Waals surface area contributed by atoms with Crippen LogP contribution in [-0.4, -0.2) is 9.78 Å². The third kappa shape index (κ3) is 2.44. The van der Waals surface area contributed by atoms with Gasteiger partial charge in [-0.25, -0.2) is 4.68 Å². The highest BCUT2D eigenvalue weighted by Crippen LogP contribution is 2.02. The van der Waals surface area contributed by atoms with Gasteiger partial charge in [0, 0.05) is 6.07 Å². The van der Waals surface area contributed by atoms with Crippen molar-refractivity contribution in [2.24, 2.45) is 0 Å². The Hall–Kier alpha value is -1.61. The summed E-state index contributed by atoms with van der Waals surface area (Å²) in [5.41, 5.74) is 0.873. The second-order valence-electron chi connectivity index (χ2n) is 3.14. The lowest BCUT2D eigenvalue weighted by Crippen LogP contribution is -2.22. The van der Waals surface area contributed by atoms with Crippen molar-refractivity contribution in [3.8, 4) is 0 Å². The van der Waals surface area contributed by atoms with Crippen LogP contribution in [0.2, 0.25) is 5.15 Å². The molecule has 0 aliphatic rings. The summed E-state index contributed by atoms with van der Waals surface area (Å²) in [6, 6.07) is 12.6. The largest absolute Gasteiger partial charge is 0.268 e. The number of benzene rings is 1. The Morgan fingerprint density at radius 1 is 1.13 bits per heavy atom. The first-order valence-electron chi connectivity index (χ1n) is 4.53. The standard InChI is InChI=1S/C11H9ClN2O/c12-10-6-7-11(15)14(13-10)8-9-4-2-1-3-5-9/h1-7H,8H2. The average Bonchev–Trinajstić information content (AvgIpc) is 2.25. The maximum Gasteiger partial charge on any atom is 0.267 e. The average molecular weight is 221 g/mol. The summed E-state index contributed by atoms with van der Waals surface area (Å²) < 4.78 is 1.34. The molecule has 0 spiro atoms. The van der Waals surface area contributed by atoms with E-state index in [2.05, 4.69) is 5.10 Å². The smallest absolute Gasteiger partial charge is 0.267 e. The molecule has 1 aromatic carbocycles. The zero-order chi connectivity index (χ0) is 10.7. The van der Waals surface area contributed by atoms with Gasteiger partial charge in [-0.15, -0.1) is 0 Å². The lowest BCUT2D eigenvalue weighted by molar-refractivity contribution is 0.639. The molecule has 1 heterocycles. The van der Waals surface area contributed by atoms with Gasteiger partial charge in [0.15, 0.2) is 0 Å². The quantitative estimate of drug-likeness (QED) is 0.776. The molecule has 4 heteroatoms. The van der Waals surface area contributed by atoms with Gasteiger partial charge in [0.2, 0.25) is 0 Å². The SMILES string of the molecule is O=c1ccc(Cl)nn1Cc1ccccc1. The third-order valence-electron chi connectivity index (χ3n) is 2.01. The lowest BCUT2D eigenvalue weighted by Gasteiger charge is -2.03. The van der Waals surface area contributed by atoms with E-state index in [0.29, 0.717) is 11.7 Å². The molecular weight excluding hydrogens is 212 g/mol. The molecule has 0 fully saturated rings. The van der Waals surface area contributed by atoms with E-state index < -0.39 is 0 Å². The molecule has 0 atom stereocenters. The van der Waals surface area contributed by atoms with Gasteiger partial charge in [0.1, 0.15) is 5.15 Å². The fourth-order valence-electron chi connectivity index (χ4n) is 1.29.